The summed E-state index contributed by atoms with van der Waals surface area (Å²) in [6.07, 6.45) is 0. The monoisotopic (exact) mass is 299 g/mol. The highest BCUT2D eigenvalue weighted by Gasteiger charge is 2.35. The largest absolute Gasteiger partial charge is 0.398 e. The minimum absolute atomic E-state index is 0.0399. The molecule has 0 heterocycles. The second kappa shape index (κ2) is 4.73. The van der Waals surface area contributed by atoms with Crippen molar-refractivity contribution in [2.75, 3.05) is 5.73 Å². The molecule has 0 radical (unpaired) electrons. The fraction of sp³-hybridized carbons (Fsp3) is 0.182. The van der Waals surface area contributed by atoms with Gasteiger partial charge in [-0.15, -0.1) is 0 Å². The van der Waals surface area contributed by atoms with Gasteiger partial charge in [-0.05, 0) is 58.0 Å². The second-order valence-corrected chi connectivity index (χ2v) is 7.00. The average molecular weight is 299 g/mol. The lowest BCUT2D eigenvalue weighted by atomic mass is 9.81. The molecule has 4 rings (SSSR count). The number of nitrogens with two attached hydrogens (primary N) is 1. The van der Waals surface area contributed by atoms with Crippen LogP contribution in [0.3, 0.4) is 0 Å². The van der Waals surface area contributed by atoms with Gasteiger partial charge in [0.1, 0.15) is 0 Å². The third-order valence-corrected chi connectivity index (χ3v) is 5.20. The first-order valence-electron chi connectivity index (χ1n) is 8.09. The van der Waals surface area contributed by atoms with Crippen molar-refractivity contribution in [3.63, 3.8) is 0 Å². The van der Waals surface area contributed by atoms with E-state index in [1.54, 1.807) is 0 Å². The van der Waals surface area contributed by atoms with Crippen LogP contribution in [-0.2, 0) is 5.41 Å². The number of hydrogen-bond acceptors (Lipinski definition) is 1. The van der Waals surface area contributed by atoms with Crippen molar-refractivity contribution in [2.24, 2.45) is 0 Å². The van der Waals surface area contributed by atoms with Crippen LogP contribution in [0.4, 0.5) is 5.69 Å². The van der Waals surface area contributed by atoms with Crippen LogP contribution in [0.2, 0.25) is 0 Å². The van der Waals surface area contributed by atoms with Crippen molar-refractivity contribution in [3.8, 4) is 22.3 Å². The molecular weight excluding hydrogens is 278 g/mol. The molecule has 1 aliphatic rings. The summed E-state index contributed by atoms with van der Waals surface area (Å²) in [7, 11) is 0. The van der Waals surface area contributed by atoms with Gasteiger partial charge in [0.05, 0.1) is 0 Å². The number of nitrogen functional groups attached to an aromatic ring is 1. The highest BCUT2D eigenvalue weighted by atomic mass is 14.6. The van der Waals surface area contributed by atoms with Crippen LogP contribution in [-0.4, -0.2) is 0 Å². The van der Waals surface area contributed by atoms with E-state index in [-0.39, 0.29) is 5.41 Å². The van der Waals surface area contributed by atoms with E-state index >= 15 is 0 Å². The van der Waals surface area contributed by atoms with E-state index in [2.05, 4.69) is 74.5 Å². The van der Waals surface area contributed by atoms with Crippen LogP contribution in [0.5, 0.6) is 0 Å². The Morgan fingerprint density at radius 2 is 1.39 bits per heavy atom. The number of aryl methyl sites for hydroxylation is 1. The minimum atomic E-state index is 0.0399. The van der Waals surface area contributed by atoms with E-state index in [1.807, 2.05) is 6.92 Å². The molecule has 23 heavy (non-hydrogen) atoms. The van der Waals surface area contributed by atoms with Crippen molar-refractivity contribution in [3.05, 3.63) is 77.4 Å². The third-order valence-electron chi connectivity index (χ3n) is 5.20. The Kier molecular flexibility index (Phi) is 2.89. The van der Waals surface area contributed by atoms with Gasteiger partial charge in [-0.1, -0.05) is 62.4 Å². The summed E-state index contributed by atoms with van der Waals surface area (Å²) in [6.45, 7) is 6.66. The molecule has 3 aromatic rings. The normalized spacial score (nSPS) is 14.4. The minimum Gasteiger partial charge on any atom is -0.398 e. The van der Waals surface area contributed by atoms with Crippen molar-refractivity contribution >= 4 is 5.69 Å². The smallest absolute Gasteiger partial charge is 0.0349 e. The molecule has 0 atom stereocenters. The van der Waals surface area contributed by atoms with E-state index in [1.165, 1.54) is 33.4 Å². The highest BCUT2D eigenvalue weighted by molar-refractivity contribution is 5.83. The average Bonchev–Trinajstić information content (AvgIpc) is 2.78. The van der Waals surface area contributed by atoms with Gasteiger partial charge in [0.2, 0.25) is 0 Å². The molecule has 0 saturated heterocycles. The Labute approximate surface area is 137 Å². The van der Waals surface area contributed by atoms with Gasteiger partial charge in [-0.2, -0.15) is 0 Å². The second-order valence-electron chi connectivity index (χ2n) is 7.00. The quantitative estimate of drug-likeness (QED) is 0.586. The summed E-state index contributed by atoms with van der Waals surface area (Å²) >= 11 is 0. The zero-order valence-electron chi connectivity index (χ0n) is 13.9. The fourth-order valence-electron chi connectivity index (χ4n) is 3.70. The first-order chi connectivity index (χ1) is 11.0. The van der Waals surface area contributed by atoms with Crippen LogP contribution in [0.15, 0.2) is 60.7 Å². The maximum atomic E-state index is 6.09. The fourth-order valence-corrected chi connectivity index (χ4v) is 3.70. The van der Waals surface area contributed by atoms with Gasteiger partial charge in [0.15, 0.2) is 0 Å². The van der Waals surface area contributed by atoms with E-state index in [0.717, 1.165) is 11.3 Å². The summed E-state index contributed by atoms with van der Waals surface area (Å²) < 4.78 is 0. The van der Waals surface area contributed by atoms with Gasteiger partial charge in [0.25, 0.3) is 0 Å². The van der Waals surface area contributed by atoms with Gasteiger partial charge >= 0.3 is 0 Å². The molecule has 0 fully saturated rings. The number of benzene rings is 3. The molecule has 0 amide bonds. The standard InChI is InChI=1S/C22H21N/c1-14-8-9-16(13-21(14)23)15-10-11-18-17-6-4-5-7-19(17)22(2,3)20(18)12-15/h4-13H,23H2,1-3H3. The van der Waals surface area contributed by atoms with Crippen LogP contribution in [0, 0.1) is 6.92 Å². The zero-order chi connectivity index (χ0) is 16.2. The Bertz CT molecular complexity index is 919. The Morgan fingerprint density at radius 1 is 0.739 bits per heavy atom. The van der Waals surface area contributed by atoms with Gasteiger partial charge < -0.3 is 5.73 Å². The number of fused-ring (bicyclic) bond motifs is 3. The van der Waals surface area contributed by atoms with Crippen molar-refractivity contribution in [1.82, 2.24) is 0 Å². The Morgan fingerprint density at radius 3 is 2.17 bits per heavy atom. The summed E-state index contributed by atoms with van der Waals surface area (Å²) in [5, 5.41) is 0. The van der Waals surface area contributed by atoms with E-state index in [9.17, 15) is 0 Å². The first kappa shape index (κ1) is 14.1. The van der Waals surface area contributed by atoms with Gasteiger partial charge in [-0.25, -0.2) is 0 Å². The molecule has 1 aliphatic carbocycles. The summed E-state index contributed by atoms with van der Waals surface area (Å²) in [6, 6.07) is 21.9. The van der Waals surface area contributed by atoms with Crippen LogP contribution in [0.25, 0.3) is 22.3 Å². The molecule has 0 aromatic heterocycles. The molecule has 0 saturated carbocycles. The zero-order valence-corrected chi connectivity index (χ0v) is 13.9. The van der Waals surface area contributed by atoms with Crippen LogP contribution < -0.4 is 5.73 Å². The van der Waals surface area contributed by atoms with Crippen molar-refractivity contribution in [2.45, 2.75) is 26.2 Å². The Hall–Kier alpha value is -2.54. The topological polar surface area (TPSA) is 26.0 Å². The van der Waals surface area contributed by atoms with Gasteiger partial charge in [0, 0.05) is 11.1 Å². The Balaban J connectivity index is 1.90. The number of rotatable bonds is 1. The SMILES string of the molecule is Cc1ccc(-c2ccc3c(c2)C(C)(C)c2ccccc2-3)cc1N. The molecule has 1 nitrogen and oxygen atoms in total. The van der Waals surface area contributed by atoms with E-state index in [0.29, 0.717) is 0 Å². The van der Waals surface area contributed by atoms with Crippen molar-refractivity contribution in [1.29, 1.82) is 0 Å². The summed E-state index contributed by atoms with van der Waals surface area (Å²) in [5.74, 6) is 0. The van der Waals surface area contributed by atoms with Crippen molar-refractivity contribution < 1.29 is 0 Å². The molecule has 0 aliphatic heterocycles. The molecule has 3 aromatic carbocycles. The predicted molar refractivity (Wildman–Crippen MR) is 98.6 cm³/mol. The molecule has 114 valence electrons. The molecular formula is C22H21N. The molecule has 1 heteroatoms. The first-order valence-corrected chi connectivity index (χ1v) is 8.09. The lowest BCUT2D eigenvalue weighted by Gasteiger charge is -2.22. The van der Waals surface area contributed by atoms with Gasteiger partial charge in [-0.3, -0.25) is 0 Å². The number of anilines is 1. The lowest BCUT2D eigenvalue weighted by Crippen LogP contribution is -2.14. The summed E-state index contributed by atoms with van der Waals surface area (Å²) in [5.41, 5.74) is 16.1. The highest BCUT2D eigenvalue weighted by Crippen LogP contribution is 2.49. The van der Waals surface area contributed by atoms with E-state index < -0.39 is 0 Å². The number of hydrogen-bond donors (Lipinski definition) is 1. The predicted octanol–water partition coefficient (Wildman–Crippen LogP) is 5.55. The van der Waals surface area contributed by atoms with Crippen LogP contribution in [0.1, 0.15) is 30.5 Å². The maximum Gasteiger partial charge on any atom is 0.0349 e. The maximum absolute atomic E-state index is 6.09. The molecule has 0 unspecified atom stereocenters. The molecule has 0 bridgehead atoms. The third kappa shape index (κ3) is 2.00. The van der Waals surface area contributed by atoms with Crippen LogP contribution >= 0.6 is 0 Å². The lowest BCUT2D eigenvalue weighted by molar-refractivity contribution is 0.660. The molecule has 2 N–H and O–H groups in total. The summed E-state index contributed by atoms with van der Waals surface area (Å²) in [4.78, 5) is 0. The molecule has 0 spiro atoms. The van der Waals surface area contributed by atoms with E-state index in [4.69, 9.17) is 5.73 Å².